The number of hydrogen-bond donors (Lipinski definition) is 0. The number of pyridine rings is 4. The van der Waals surface area contributed by atoms with Gasteiger partial charge in [-0.3, -0.25) is 59.9 Å². The Morgan fingerprint density at radius 3 is 0.781 bits per heavy atom. The fraction of sp³-hybridized carbons (Fsp3) is 0.279. The van der Waals surface area contributed by atoms with Crippen LogP contribution >= 0.6 is 0 Å². The van der Waals surface area contributed by atoms with E-state index >= 15 is 0 Å². The Kier molecular flexibility index (Phi) is 10.2. The van der Waals surface area contributed by atoms with Gasteiger partial charge in [-0.2, -0.15) is 0 Å². The maximum absolute atomic E-state index is 4.92. The van der Waals surface area contributed by atoms with Crippen LogP contribution in [0.15, 0.2) is 138 Å². The van der Waals surface area contributed by atoms with Crippen molar-refractivity contribution in [1.82, 2.24) is 19.9 Å². The summed E-state index contributed by atoms with van der Waals surface area (Å²) in [6.07, 6.45) is 14.1. The van der Waals surface area contributed by atoms with E-state index in [1.807, 2.05) is 24.8 Å². The molecule has 0 N–H and O–H groups in total. The van der Waals surface area contributed by atoms with Crippen molar-refractivity contribution in [3.63, 3.8) is 0 Å². The molecule has 0 bridgehead atoms. The van der Waals surface area contributed by atoms with E-state index in [0.29, 0.717) is 52.4 Å². The van der Waals surface area contributed by atoms with Crippen LogP contribution in [0.5, 0.6) is 0 Å². The molecule has 14 rings (SSSR count). The van der Waals surface area contributed by atoms with Crippen LogP contribution in [0.1, 0.15) is 117 Å². The number of nitrogens with zero attached hydrogens (tertiary/aromatic N) is 12. The third-order valence-electron chi connectivity index (χ3n) is 16.0. The van der Waals surface area contributed by atoms with Crippen molar-refractivity contribution in [2.45, 2.75) is 84.5 Å². The summed E-state index contributed by atoms with van der Waals surface area (Å²) in [7, 11) is 0. The zero-order valence-corrected chi connectivity index (χ0v) is 41.6. The summed E-state index contributed by atoms with van der Waals surface area (Å²) in [5, 5.41) is 7.70. The number of aryl methyl sites for hydroxylation is 4. The molecule has 73 heavy (non-hydrogen) atoms. The lowest BCUT2D eigenvalue weighted by molar-refractivity contribution is 0.785. The van der Waals surface area contributed by atoms with E-state index in [1.165, 1.54) is 66.8 Å². The Bertz CT molecular complexity index is 3740. The molecule has 8 heterocycles. The Morgan fingerprint density at radius 2 is 0.548 bits per heavy atom. The molecule has 4 aliphatic heterocycles. The topological polar surface area (TPSA) is 150 Å². The van der Waals surface area contributed by atoms with Crippen LogP contribution in [-0.4, -0.2) is 46.6 Å². The molecule has 0 fully saturated rings. The number of hydrogen-bond acceptors (Lipinski definition) is 12. The monoisotopic (exact) mass is 952 g/mol. The molecule has 1 spiro atoms. The van der Waals surface area contributed by atoms with E-state index in [2.05, 4.69) is 100 Å². The highest BCUT2D eigenvalue weighted by atomic mass is 15.0. The van der Waals surface area contributed by atoms with Crippen molar-refractivity contribution in [1.29, 1.82) is 0 Å². The zero-order valence-electron chi connectivity index (χ0n) is 41.6. The van der Waals surface area contributed by atoms with E-state index in [9.17, 15) is 0 Å². The molecule has 4 aromatic heterocycles. The predicted molar refractivity (Wildman–Crippen MR) is 277 cm³/mol. The van der Waals surface area contributed by atoms with Gasteiger partial charge in [0.05, 0.1) is 49.6 Å². The lowest BCUT2D eigenvalue weighted by Gasteiger charge is -2.32. The largest absolute Gasteiger partial charge is 0.259 e. The Balaban J connectivity index is 0.997. The van der Waals surface area contributed by atoms with E-state index in [0.717, 1.165) is 114 Å². The Hall–Kier alpha value is -8.12. The van der Waals surface area contributed by atoms with Crippen LogP contribution < -0.4 is 42.9 Å². The smallest absolute Gasteiger partial charge is 0.131 e. The van der Waals surface area contributed by atoms with Crippen LogP contribution in [0.25, 0.3) is 22.3 Å². The van der Waals surface area contributed by atoms with Crippen molar-refractivity contribution in [2.75, 3.05) is 26.7 Å². The first kappa shape index (κ1) is 43.7. The maximum atomic E-state index is 4.92. The molecule has 0 saturated heterocycles. The highest BCUT2D eigenvalue weighted by molar-refractivity contribution is 5.95. The summed E-state index contributed by atoms with van der Waals surface area (Å²) in [4.78, 5) is 58.5. The van der Waals surface area contributed by atoms with E-state index < -0.39 is 5.41 Å². The van der Waals surface area contributed by atoms with Gasteiger partial charge >= 0.3 is 0 Å². The molecule has 4 aromatic carbocycles. The van der Waals surface area contributed by atoms with Crippen molar-refractivity contribution >= 4 is 0 Å². The Labute approximate surface area is 421 Å². The number of fused-ring (bicyclic) bond motifs is 14. The van der Waals surface area contributed by atoms with Crippen LogP contribution in [0.2, 0.25) is 0 Å². The lowest BCUT2D eigenvalue weighted by Crippen LogP contribution is -2.32. The second-order valence-corrected chi connectivity index (χ2v) is 19.9. The van der Waals surface area contributed by atoms with Gasteiger partial charge in [0, 0.05) is 72.7 Å². The van der Waals surface area contributed by atoms with Crippen molar-refractivity contribution in [3.8, 4) is 22.3 Å². The average molecular weight is 953 g/mol. The molecule has 8 aromatic rings. The minimum atomic E-state index is -0.677. The maximum Gasteiger partial charge on any atom is 0.131 e. The van der Waals surface area contributed by atoms with E-state index in [-0.39, 0.29) is 0 Å². The first-order valence-electron chi connectivity index (χ1n) is 25.9. The molecule has 6 aliphatic rings. The van der Waals surface area contributed by atoms with Gasteiger partial charge < -0.3 is 0 Å². The predicted octanol–water partition coefficient (Wildman–Crippen LogP) is 5.06. The first-order valence-corrected chi connectivity index (χ1v) is 25.9. The quantitative estimate of drug-likeness (QED) is 0.168. The van der Waals surface area contributed by atoms with Gasteiger partial charge in [0.1, 0.15) is 48.1 Å². The summed E-state index contributed by atoms with van der Waals surface area (Å²) < 4.78 is 0. The van der Waals surface area contributed by atoms with Gasteiger partial charge in [0.15, 0.2) is 0 Å². The summed E-state index contributed by atoms with van der Waals surface area (Å²) in [5.74, 6) is 0. The minimum absolute atomic E-state index is 0.448. The van der Waals surface area contributed by atoms with Crippen LogP contribution in [0, 0.1) is 0 Å². The third kappa shape index (κ3) is 6.64. The van der Waals surface area contributed by atoms with Gasteiger partial charge in [-0.25, -0.2) is 0 Å². The molecule has 0 unspecified atom stereocenters. The van der Waals surface area contributed by atoms with Gasteiger partial charge in [0.2, 0.25) is 0 Å². The molecule has 2 aliphatic carbocycles. The van der Waals surface area contributed by atoms with Crippen LogP contribution in [0.3, 0.4) is 0 Å². The summed E-state index contributed by atoms with van der Waals surface area (Å²) >= 11 is 0. The van der Waals surface area contributed by atoms with Gasteiger partial charge in [-0.1, -0.05) is 100 Å². The number of rotatable bonds is 12. The molecule has 356 valence electrons. The third-order valence-corrected chi connectivity index (χ3v) is 16.0. The minimum Gasteiger partial charge on any atom is -0.259 e. The Morgan fingerprint density at radius 1 is 0.315 bits per heavy atom. The van der Waals surface area contributed by atoms with Crippen molar-refractivity contribution < 1.29 is 0 Å². The van der Waals surface area contributed by atoms with Crippen molar-refractivity contribution in [2.24, 2.45) is 39.9 Å². The van der Waals surface area contributed by atoms with Gasteiger partial charge in [-0.05, 0) is 92.4 Å². The molecule has 12 nitrogen and oxygen atoms in total. The first-order chi connectivity index (χ1) is 35.9. The molecular weight excluding hydrogens is 901 g/mol. The summed E-state index contributed by atoms with van der Waals surface area (Å²) in [6, 6.07) is 28.7. The zero-order chi connectivity index (χ0) is 49.0. The normalized spacial score (nSPS) is 15.0. The average Bonchev–Trinajstić information content (AvgIpc) is 4.31. The van der Waals surface area contributed by atoms with Crippen LogP contribution in [0.4, 0.5) is 0 Å². The highest BCUT2D eigenvalue weighted by Gasteiger charge is 2.52. The molecule has 0 radical (unpaired) electrons. The summed E-state index contributed by atoms with van der Waals surface area (Å²) in [6.45, 7) is 10.3. The number of aromatic nitrogens is 4. The highest BCUT2D eigenvalue weighted by Crippen LogP contribution is 2.63. The molecular formula is C61H52N12. The molecule has 0 atom stereocenters. The summed E-state index contributed by atoms with van der Waals surface area (Å²) in [5.41, 5.74) is 22.6. The van der Waals surface area contributed by atoms with Crippen LogP contribution in [-0.2, 0) is 56.8 Å². The number of benzene rings is 4. The molecule has 0 saturated carbocycles. The second kappa shape index (κ2) is 17.0. The lowest BCUT2D eigenvalue weighted by atomic mass is 9.69. The second-order valence-electron chi connectivity index (χ2n) is 19.9. The SMILES string of the molecule is CCc1ncc(Cc2ccc3c(c2)C2(c4cc(Cc5cnc(CC)c6c5=NCN=6)ccc4-3)c3cc(Cc4cnc(CC)c5c4=NCN=5)ccc3-c3ccc(Cc4cnc(CC)c5c4=NCN=5)cc32)c2c1=NCN=2. The fourth-order valence-electron chi connectivity index (χ4n) is 12.6. The van der Waals surface area contributed by atoms with Gasteiger partial charge in [-0.15, -0.1) is 0 Å². The molecule has 0 amide bonds. The molecule has 12 heteroatoms. The standard InChI is InChI=1S/C61H52N12/c1-5-49-57-53(66-29-70-57)37(25-62-49)17-33-9-13-41-42-14-10-34(18-38-26-63-50(6-2)58-54(38)67-30-71-58)22-46(42)61(45(41)21-33)47-23-35(19-39-27-64-51(7-3)59-55(39)68-31-72-59)11-15-43(47)44-16-12-36(24-48(44)61)20-40-28-65-52(8-4)60-56(40)69-32-73-60/h9-16,21-28H,5-8,17-20,29-32H2,1-4H3. The van der Waals surface area contributed by atoms with E-state index in [4.69, 9.17) is 59.9 Å². The van der Waals surface area contributed by atoms with Crippen molar-refractivity contribution in [3.05, 3.63) is 230 Å². The van der Waals surface area contributed by atoms with Gasteiger partial charge in [0.25, 0.3) is 0 Å². The van der Waals surface area contributed by atoms with E-state index in [1.54, 1.807) is 0 Å². The fourth-order valence-corrected chi connectivity index (χ4v) is 12.6.